The Morgan fingerprint density at radius 2 is 2.00 bits per heavy atom. The molecule has 5 atom stereocenters. The van der Waals surface area contributed by atoms with Crippen LogP contribution < -0.4 is 5.73 Å². The van der Waals surface area contributed by atoms with Gasteiger partial charge in [-0.05, 0) is 0 Å². The maximum absolute atomic E-state index is 10.9. The summed E-state index contributed by atoms with van der Waals surface area (Å²) in [4.78, 5) is 32.1. The van der Waals surface area contributed by atoms with Gasteiger partial charge in [0.25, 0.3) is 0 Å². The van der Waals surface area contributed by atoms with Crippen molar-refractivity contribution in [1.82, 2.24) is 0 Å². The standard InChI is InChI=1S/C8H10N2O5/c9-8(7(13)14)1-2(10-15)3-4(5(3)8)6(11)12/h2-5H,1,9H2,(H,11,12)(H,13,14). The number of hydrogen-bond donors (Lipinski definition) is 3. The second-order valence-electron chi connectivity index (χ2n) is 4.19. The van der Waals surface area contributed by atoms with Crippen LogP contribution in [-0.2, 0) is 9.59 Å². The molecule has 0 radical (unpaired) electrons. The van der Waals surface area contributed by atoms with Crippen LogP contribution in [0, 0.1) is 22.7 Å². The molecule has 82 valence electrons. The van der Waals surface area contributed by atoms with Crippen molar-refractivity contribution in [2.45, 2.75) is 18.0 Å². The first-order chi connectivity index (χ1) is 6.93. The summed E-state index contributed by atoms with van der Waals surface area (Å²) < 4.78 is 0. The van der Waals surface area contributed by atoms with E-state index in [1.807, 2.05) is 0 Å². The number of rotatable bonds is 3. The zero-order valence-electron chi connectivity index (χ0n) is 7.66. The first-order valence-electron chi connectivity index (χ1n) is 4.51. The molecule has 2 aliphatic rings. The van der Waals surface area contributed by atoms with Crippen molar-refractivity contribution in [3.8, 4) is 0 Å². The second kappa shape index (κ2) is 2.75. The number of fused-ring (bicyclic) bond motifs is 1. The van der Waals surface area contributed by atoms with Crippen molar-refractivity contribution in [3.63, 3.8) is 0 Å². The van der Waals surface area contributed by atoms with Gasteiger partial charge in [-0.15, -0.1) is 0 Å². The summed E-state index contributed by atoms with van der Waals surface area (Å²) in [6.45, 7) is 0. The highest BCUT2D eigenvalue weighted by Gasteiger charge is 2.74. The molecule has 0 aromatic heterocycles. The van der Waals surface area contributed by atoms with Gasteiger partial charge < -0.3 is 15.9 Å². The van der Waals surface area contributed by atoms with Gasteiger partial charge in [-0.25, -0.2) is 0 Å². The number of nitroso groups, excluding NO2 is 1. The Morgan fingerprint density at radius 3 is 2.40 bits per heavy atom. The van der Waals surface area contributed by atoms with Gasteiger partial charge in [0.2, 0.25) is 0 Å². The second-order valence-corrected chi connectivity index (χ2v) is 4.19. The molecular formula is C8H10N2O5. The molecule has 0 amide bonds. The Morgan fingerprint density at radius 1 is 1.40 bits per heavy atom. The van der Waals surface area contributed by atoms with Crippen LogP contribution in [0.5, 0.6) is 0 Å². The maximum Gasteiger partial charge on any atom is 0.324 e. The number of carboxylic acid groups (broad SMARTS) is 2. The predicted molar refractivity (Wildman–Crippen MR) is 46.9 cm³/mol. The zero-order chi connectivity index (χ0) is 11.4. The highest BCUT2D eigenvalue weighted by atomic mass is 16.4. The molecule has 4 N–H and O–H groups in total. The lowest BCUT2D eigenvalue weighted by atomic mass is 9.90. The molecule has 7 heteroatoms. The Hall–Kier alpha value is -1.50. The summed E-state index contributed by atoms with van der Waals surface area (Å²) >= 11 is 0. The fraction of sp³-hybridized carbons (Fsp3) is 0.750. The van der Waals surface area contributed by atoms with E-state index in [9.17, 15) is 14.5 Å². The van der Waals surface area contributed by atoms with E-state index in [4.69, 9.17) is 15.9 Å². The number of aliphatic carboxylic acids is 2. The molecule has 2 saturated carbocycles. The van der Waals surface area contributed by atoms with Gasteiger partial charge in [-0.2, -0.15) is 4.91 Å². The summed E-state index contributed by atoms with van der Waals surface area (Å²) in [7, 11) is 0. The molecule has 15 heavy (non-hydrogen) atoms. The van der Waals surface area contributed by atoms with Crippen molar-refractivity contribution in [1.29, 1.82) is 0 Å². The van der Waals surface area contributed by atoms with E-state index in [0.717, 1.165) is 0 Å². The maximum atomic E-state index is 10.9. The quantitative estimate of drug-likeness (QED) is 0.530. The lowest BCUT2D eigenvalue weighted by molar-refractivity contribution is -0.145. The first kappa shape index (κ1) is 10.0. The Balaban J connectivity index is 2.30. The Bertz CT molecular complexity index is 357. The van der Waals surface area contributed by atoms with Crippen LogP contribution in [0.2, 0.25) is 0 Å². The van der Waals surface area contributed by atoms with Crippen LogP contribution in [-0.4, -0.2) is 33.7 Å². The Kier molecular flexibility index (Phi) is 1.84. The summed E-state index contributed by atoms with van der Waals surface area (Å²) in [5.41, 5.74) is 4.01. The third-order valence-corrected chi connectivity index (χ3v) is 3.48. The van der Waals surface area contributed by atoms with Gasteiger partial charge in [0.15, 0.2) is 0 Å². The van der Waals surface area contributed by atoms with Crippen LogP contribution in [0.3, 0.4) is 0 Å². The summed E-state index contributed by atoms with van der Waals surface area (Å²) in [6.07, 6.45) is -0.0645. The number of hydrogen-bond acceptors (Lipinski definition) is 5. The SMILES string of the molecule is NC1(C(=O)O)CC(N=O)C2C(C(=O)O)C21. The van der Waals surface area contributed by atoms with E-state index in [1.54, 1.807) is 0 Å². The van der Waals surface area contributed by atoms with Crippen LogP contribution in [0.25, 0.3) is 0 Å². The van der Waals surface area contributed by atoms with Gasteiger partial charge in [0.1, 0.15) is 5.54 Å². The topological polar surface area (TPSA) is 130 Å². The third kappa shape index (κ3) is 1.09. The van der Waals surface area contributed by atoms with Gasteiger partial charge >= 0.3 is 11.9 Å². The van der Waals surface area contributed by atoms with Crippen LogP contribution in [0.1, 0.15) is 6.42 Å². The van der Waals surface area contributed by atoms with Gasteiger partial charge in [0, 0.05) is 18.3 Å². The Labute approximate surface area is 84.2 Å². The molecule has 0 aliphatic heterocycles. The van der Waals surface area contributed by atoms with Crippen molar-refractivity contribution in [3.05, 3.63) is 4.91 Å². The molecule has 2 aliphatic carbocycles. The molecule has 0 heterocycles. The minimum Gasteiger partial charge on any atom is -0.481 e. The van der Waals surface area contributed by atoms with Gasteiger partial charge in [0.05, 0.1) is 12.0 Å². The van der Waals surface area contributed by atoms with Crippen molar-refractivity contribution in [2.24, 2.45) is 28.7 Å². The molecular weight excluding hydrogens is 204 g/mol. The fourth-order valence-corrected chi connectivity index (χ4v) is 2.75. The third-order valence-electron chi connectivity index (χ3n) is 3.48. The van der Waals surface area contributed by atoms with Crippen molar-refractivity contribution in [2.75, 3.05) is 0 Å². The summed E-state index contributed by atoms with van der Waals surface area (Å²) in [6, 6.07) is -0.780. The molecule has 5 unspecified atom stereocenters. The minimum absolute atomic E-state index is 0.0645. The molecule has 0 spiro atoms. The van der Waals surface area contributed by atoms with Crippen molar-refractivity contribution >= 4 is 11.9 Å². The highest BCUT2D eigenvalue weighted by molar-refractivity contribution is 5.85. The monoisotopic (exact) mass is 214 g/mol. The number of carboxylic acids is 2. The molecule has 0 saturated heterocycles. The largest absolute Gasteiger partial charge is 0.481 e. The number of carbonyl (C=O) groups is 2. The predicted octanol–water partition coefficient (Wildman–Crippen LogP) is -0.746. The van der Waals surface area contributed by atoms with E-state index in [0.29, 0.717) is 0 Å². The van der Waals surface area contributed by atoms with E-state index in [-0.39, 0.29) is 6.42 Å². The molecule has 0 aromatic carbocycles. The van der Waals surface area contributed by atoms with E-state index >= 15 is 0 Å². The summed E-state index contributed by atoms with van der Waals surface area (Å²) in [5, 5.41) is 20.5. The average Bonchev–Trinajstić information content (AvgIpc) is 2.82. The number of nitrogens with two attached hydrogens (primary N) is 1. The summed E-state index contributed by atoms with van der Waals surface area (Å²) in [5.74, 6) is -4.35. The lowest BCUT2D eigenvalue weighted by Crippen LogP contribution is -2.50. The fourth-order valence-electron chi connectivity index (χ4n) is 2.75. The molecule has 2 fully saturated rings. The van der Waals surface area contributed by atoms with E-state index in [1.165, 1.54) is 0 Å². The molecule has 2 rings (SSSR count). The zero-order valence-corrected chi connectivity index (χ0v) is 7.66. The smallest absolute Gasteiger partial charge is 0.324 e. The lowest BCUT2D eigenvalue weighted by Gasteiger charge is -2.21. The van der Waals surface area contributed by atoms with Crippen LogP contribution >= 0.6 is 0 Å². The molecule has 0 aromatic rings. The van der Waals surface area contributed by atoms with Crippen LogP contribution in [0.15, 0.2) is 5.18 Å². The average molecular weight is 214 g/mol. The highest BCUT2D eigenvalue weighted by Crippen LogP contribution is 2.62. The first-order valence-corrected chi connectivity index (χ1v) is 4.51. The van der Waals surface area contributed by atoms with E-state index < -0.39 is 41.3 Å². The van der Waals surface area contributed by atoms with Crippen LogP contribution in [0.4, 0.5) is 0 Å². The van der Waals surface area contributed by atoms with Gasteiger partial charge in [-0.1, -0.05) is 5.18 Å². The molecule has 0 bridgehead atoms. The normalized spacial score (nSPS) is 47.0. The number of nitrogens with zero attached hydrogens (tertiary/aromatic N) is 1. The molecule has 7 nitrogen and oxygen atoms in total. The minimum atomic E-state index is -1.60. The van der Waals surface area contributed by atoms with Gasteiger partial charge in [-0.3, -0.25) is 9.59 Å². The van der Waals surface area contributed by atoms with Crippen molar-refractivity contribution < 1.29 is 19.8 Å². The van der Waals surface area contributed by atoms with E-state index in [2.05, 4.69) is 5.18 Å².